The van der Waals surface area contributed by atoms with Crippen molar-refractivity contribution >= 4 is 11.9 Å². The first-order valence-electron chi connectivity index (χ1n) is 9.30. The summed E-state index contributed by atoms with van der Waals surface area (Å²) in [6, 6.07) is 17.0. The molecule has 3 rings (SSSR count). The van der Waals surface area contributed by atoms with Crippen molar-refractivity contribution in [2.24, 2.45) is 5.92 Å². The monoisotopic (exact) mass is 383 g/mol. The van der Waals surface area contributed by atoms with Gasteiger partial charge in [-0.1, -0.05) is 42.5 Å². The van der Waals surface area contributed by atoms with Gasteiger partial charge in [0.25, 0.3) is 5.91 Å². The number of ether oxygens (including phenoxy) is 2. The SMILES string of the molecule is COc1cccc(COC(C)C(=O)N2CC(C(=O)O)C(c3ccccc3)C2)c1. The van der Waals surface area contributed by atoms with Crippen LogP contribution in [0.15, 0.2) is 54.6 Å². The Morgan fingerprint density at radius 3 is 2.57 bits per heavy atom. The Bertz CT molecular complexity index is 823. The van der Waals surface area contributed by atoms with Crippen molar-refractivity contribution in [2.75, 3.05) is 20.2 Å². The third-order valence-corrected chi connectivity index (χ3v) is 5.16. The number of hydrogen-bond acceptors (Lipinski definition) is 4. The number of nitrogens with zero attached hydrogens (tertiary/aromatic N) is 1. The predicted molar refractivity (Wildman–Crippen MR) is 104 cm³/mol. The average Bonchev–Trinajstić information content (AvgIpc) is 3.18. The molecule has 1 fully saturated rings. The smallest absolute Gasteiger partial charge is 0.308 e. The average molecular weight is 383 g/mol. The molecule has 0 aliphatic carbocycles. The van der Waals surface area contributed by atoms with Gasteiger partial charge in [0.2, 0.25) is 0 Å². The van der Waals surface area contributed by atoms with E-state index in [-0.39, 0.29) is 25.0 Å². The maximum atomic E-state index is 12.8. The standard InChI is InChI=1S/C22H25NO5/c1-15(28-14-16-7-6-10-18(11-16)27-2)21(24)23-12-19(20(13-23)22(25)26)17-8-4-3-5-9-17/h3-11,15,19-20H,12-14H2,1-2H3,(H,25,26). The van der Waals surface area contributed by atoms with Gasteiger partial charge in [-0.05, 0) is 30.2 Å². The van der Waals surface area contributed by atoms with E-state index in [0.29, 0.717) is 6.54 Å². The highest BCUT2D eigenvalue weighted by Gasteiger charge is 2.41. The lowest BCUT2D eigenvalue weighted by molar-refractivity contribution is -0.144. The number of carbonyl (C=O) groups is 2. The molecule has 1 amide bonds. The van der Waals surface area contributed by atoms with Crippen LogP contribution in [-0.2, 0) is 20.9 Å². The van der Waals surface area contributed by atoms with Gasteiger partial charge >= 0.3 is 5.97 Å². The minimum Gasteiger partial charge on any atom is -0.497 e. The molecule has 0 saturated carbocycles. The van der Waals surface area contributed by atoms with Crippen LogP contribution >= 0.6 is 0 Å². The maximum absolute atomic E-state index is 12.8. The molecule has 2 aromatic rings. The lowest BCUT2D eigenvalue weighted by atomic mass is 9.89. The minimum absolute atomic E-state index is 0.187. The summed E-state index contributed by atoms with van der Waals surface area (Å²) in [7, 11) is 1.60. The van der Waals surface area contributed by atoms with Crippen LogP contribution in [-0.4, -0.2) is 48.2 Å². The Kier molecular flexibility index (Phi) is 6.31. The number of likely N-dealkylation sites (tertiary alicyclic amines) is 1. The normalized spacial score (nSPS) is 20.0. The maximum Gasteiger partial charge on any atom is 0.308 e. The third kappa shape index (κ3) is 4.51. The summed E-state index contributed by atoms with van der Waals surface area (Å²) in [6.45, 7) is 2.56. The van der Waals surface area contributed by atoms with E-state index in [2.05, 4.69) is 0 Å². The molecule has 1 saturated heterocycles. The number of hydrogen-bond donors (Lipinski definition) is 1. The number of carboxylic acid groups (broad SMARTS) is 1. The van der Waals surface area contributed by atoms with Crippen molar-refractivity contribution in [1.29, 1.82) is 0 Å². The summed E-state index contributed by atoms with van der Waals surface area (Å²) in [5, 5.41) is 9.60. The Morgan fingerprint density at radius 2 is 1.89 bits per heavy atom. The third-order valence-electron chi connectivity index (χ3n) is 5.16. The molecular formula is C22H25NO5. The van der Waals surface area contributed by atoms with Gasteiger partial charge in [0.15, 0.2) is 0 Å². The number of rotatable bonds is 7. The molecule has 28 heavy (non-hydrogen) atoms. The largest absolute Gasteiger partial charge is 0.497 e. The molecule has 2 aromatic carbocycles. The van der Waals surface area contributed by atoms with E-state index >= 15 is 0 Å². The lowest BCUT2D eigenvalue weighted by Crippen LogP contribution is -2.38. The second-order valence-corrected chi connectivity index (χ2v) is 7.01. The first-order valence-corrected chi connectivity index (χ1v) is 9.30. The van der Waals surface area contributed by atoms with Gasteiger partial charge in [-0.2, -0.15) is 0 Å². The van der Waals surface area contributed by atoms with Crippen LogP contribution in [0.5, 0.6) is 5.75 Å². The van der Waals surface area contributed by atoms with Crippen molar-refractivity contribution in [3.63, 3.8) is 0 Å². The van der Waals surface area contributed by atoms with E-state index in [9.17, 15) is 14.7 Å². The summed E-state index contributed by atoms with van der Waals surface area (Å²) in [4.78, 5) is 26.1. The molecule has 0 bridgehead atoms. The van der Waals surface area contributed by atoms with Gasteiger partial charge < -0.3 is 19.5 Å². The van der Waals surface area contributed by atoms with E-state index < -0.39 is 18.0 Å². The molecule has 6 nitrogen and oxygen atoms in total. The molecule has 1 aliphatic rings. The van der Waals surface area contributed by atoms with Gasteiger partial charge in [0, 0.05) is 19.0 Å². The zero-order chi connectivity index (χ0) is 20.1. The number of amides is 1. The van der Waals surface area contributed by atoms with Crippen LogP contribution in [0.4, 0.5) is 0 Å². The van der Waals surface area contributed by atoms with E-state index in [1.54, 1.807) is 18.9 Å². The van der Waals surface area contributed by atoms with Gasteiger partial charge in [0.05, 0.1) is 19.6 Å². The van der Waals surface area contributed by atoms with Crippen molar-refractivity contribution < 1.29 is 24.2 Å². The number of benzene rings is 2. The van der Waals surface area contributed by atoms with E-state index in [0.717, 1.165) is 16.9 Å². The number of carbonyl (C=O) groups excluding carboxylic acids is 1. The molecular weight excluding hydrogens is 358 g/mol. The first-order chi connectivity index (χ1) is 13.5. The Hall–Kier alpha value is -2.86. The zero-order valence-corrected chi connectivity index (χ0v) is 16.1. The second kappa shape index (κ2) is 8.89. The highest BCUT2D eigenvalue weighted by Crippen LogP contribution is 2.33. The predicted octanol–water partition coefficient (Wildman–Crippen LogP) is 2.93. The van der Waals surface area contributed by atoms with Crippen molar-refractivity contribution in [2.45, 2.75) is 25.6 Å². The van der Waals surface area contributed by atoms with Crippen LogP contribution < -0.4 is 4.74 Å². The lowest BCUT2D eigenvalue weighted by Gasteiger charge is -2.21. The molecule has 3 atom stereocenters. The second-order valence-electron chi connectivity index (χ2n) is 7.01. The molecule has 0 spiro atoms. The van der Waals surface area contributed by atoms with Crippen molar-refractivity contribution in [3.8, 4) is 5.75 Å². The first kappa shape index (κ1) is 19.9. The van der Waals surface area contributed by atoms with E-state index in [4.69, 9.17) is 9.47 Å². The van der Waals surface area contributed by atoms with Crippen LogP contribution in [0, 0.1) is 5.92 Å². The summed E-state index contributed by atoms with van der Waals surface area (Å²) in [6.07, 6.45) is -0.657. The molecule has 6 heteroatoms. The molecule has 148 valence electrons. The highest BCUT2D eigenvalue weighted by atomic mass is 16.5. The molecule has 0 radical (unpaired) electrons. The summed E-state index contributed by atoms with van der Waals surface area (Å²) >= 11 is 0. The van der Waals surface area contributed by atoms with Crippen LogP contribution in [0.3, 0.4) is 0 Å². The molecule has 1 N–H and O–H groups in total. The fourth-order valence-electron chi connectivity index (χ4n) is 3.58. The van der Waals surface area contributed by atoms with Crippen molar-refractivity contribution in [3.05, 3.63) is 65.7 Å². The van der Waals surface area contributed by atoms with E-state index in [1.165, 1.54) is 0 Å². The van der Waals surface area contributed by atoms with Gasteiger partial charge in [-0.15, -0.1) is 0 Å². The van der Waals surface area contributed by atoms with Crippen LogP contribution in [0.25, 0.3) is 0 Å². The van der Waals surface area contributed by atoms with Crippen LogP contribution in [0.1, 0.15) is 24.0 Å². The highest BCUT2D eigenvalue weighted by molar-refractivity contribution is 5.82. The Morgan fingerprint density at radius 1 is 1.14 bits per heavy atom. The summed E-state index contributed by atoms with van der Waals surface area (Å²) in [5.74, 6) is -1.17. The van der Waals surface area contributed by atoms with Crippen molar-refractivity contribution in [1.82, 2.24) is 4.90 Å². The van der Waals surface area contributed by atoms with Gasteiger partial charge in [-0.3, -0.25) is 9.59 Å². The van der Waals surface area contributed by atoms with E-state index in [1.807, 2.05) is 54.6 Å². The zero-order valence-electron chi connectivity index (χ0n) is 16.1. The Balaban J connectivity index is 1.63. The van der Waals surface area contributed by atoms with Crippen LogP contribution in [0.2, 0.25) is 0 Å². The van der Waals surface area contributed by atoms with Gasteiger partial charge in [-0.25, -0.2) is 0 Å². The molecule has 0 aromatic heterocycles. The number of methoxy groups -OCH3 is 1. The topological polar surface area (TPSA) is 76.1 Å². The molecule has 3 unspecified atom stereocenters. The van der Waals surface area contributed by atoms with Gasteiger partial charge in [0.1, 0.15) is 11.9 Å². The minimum atomic E-state index is -0.880. The summed E-state index contributed by atoms with van der Waals surface area (Å²) in [5.41, 5.74) is 1.85. The fourth-order valence-corrected chi connectivity index (χ4v) is 3.58. The quantitative estimate of drug-likeness (QED) is 0.796. The fraction of sp³-hybridized carbons (Fsp3) is 0.364. The molecule has 1 heterocycles. The number of aliphatic carboxylic acids is 1. The Labute approximate surface area is 164 Å². The molecule has 1 aliphatic heterocycles. The summed E-state index contributed by atoms with van der Waals surface area (Å²) < 4.78 is 10.9. The number of carboxylic acids is 1.